The molecular weight excluding hydrogens is 380 g/mol. The van der Waals surface area contributed by atoms with Crippen molar-refractivity contribution in [3.63, 3.8) is 0 Å². The number of esters is 1. The van der Waals surface area contributed by atoms with Crippen LogP contribution in [0.15, 0.2) is 24.3 Å². The molecule has 5 heteroatoms. The quantitative estimate of drug-likeness (QED) is 0.495. The first-order chi connectivity index (χ1) is 14.6. The minimum atomic E-state index is -0.559. The highest BCUT2D eigenvalue weighted by Crippen LogP contribution is 2.64. The van der Waals surface area contributed by atoms with E-state index < -0.39 is 11.6 Å². The second-order valence-corrected chi connectivity index (χ2v) is 10.3. The summed E-state index contributed by atoms with van der Waals surface area (Å²) in [4.78, 5) is 24.1. The molecule has 5 aliphatic carbocycles. The first kappa shape index (κ1) is 19.3. The largest absolute Gasteiger partial charge is 0.462 e. The van der Waals surface area contributed by atoms with E-state index in [1.807, 2.05) is 19.1 Å². The van der Waals surface area contributed by atoms with Crippen molar-refractivity contribution >= 4 is 5.97 Å². The molecule has 5 nitrogen and oxygen atoms in total. The highest BCUT2D eigenvalue weighted by molar-refractivity contribution is 5.89. The third-order valence-corrected chi connectivity index (χ3v) is 8.59. The Morgan fingerprint density at radius 2 is 1.60 bits per heavy atom. The maximum atomic E-state index is 11.9. The summed E-state index contributed by atoms with van der Waals surface area (Å²) in [5.74, 6) is 1.98. The molecule has 0 N–H and O–H groups in total. The van der Waals surface area contributed by atoms with Gasteiger partial charge in [0.2, 0.25) is 11.6 Å². The monoisotopic (exact) mass is 412 g/mol. The Bertz CT molecular complexity index is 779. The van der Waals surface area contributed by atoms with Gasteiger partial charge in [-0.05, 0) is 87.3 Å². The zero-order valence-electron chi connectivity index (χ0n) is 17.8. The van der Waals surface area contributed by atoms with Crippen LogP contribution in [-0.2, 0) is 19.2 Å². The zero-order valence-corrected chi connectivity index (χ0v) is 17.8. The van der Waals surface area contributed by atoms with Gasteiger partial charge < -0.3 is 9.47 Å². The van der Waals surface area contributed by atoms with Crippen molar-refractivity contribution in [3.8, 4) is 0 Å². The molecule has 0 atom stereocenters. The molecule has 1 saturated heterocycles. The average molecular weight is 413 g/mol. The van der Waals surface area contributed by atoms with Crippen molar-refractivity contribution in [1.82, 2.24) is 0 Å². The van der Waals surface area contributed by atoms with E-state index in [9.17, 15) is 4.79 Å². The van der Waals surface area contributed by atoms with Gasteiger partial charge in [-0.15, -0.1) is 0 Å². The van der Waals surface area contributed by atoms with Crippen molar-refractivity contribution in [1.29, 1.82) is 0 Å². The van der Waals surface area contributed by atoms with Crippen LogP contribution in [0.2, 0.25) is 0 Å². The molecule has 6 aliphatic rings. The molecule has 4 bridgehead atoms. The van der Waals surface area contributed by atoms with Crippen LogP contribution < -0.4 is 0 Å². The summed E-state index contributed by atoms with van der Waals surface area (Å²) in [6.07, 6.45) is 10.2. The van der Waals surface area contributed by atoms with Gasteiger partial charge in [0, 0.05) is 24.7 Å². The van der Waals surface area contributed by atoms with Gasteiger partial charge in [0.15, 0.2) is 0 Å². The predicted molar refractivity (Wildman–Crippen MR) is 109 cm³/mol. The van der Waals surface area contributed by atoms with Crippen LogP contribution in [0.1, 0.15) is 86.6 Å². The molecule has 0 unspecified atom stereocenters. The second kappa shape index (κ2) is 7.04. The smallest absolute Gasteiger partial charge is 0.338 e. The minimum absolute atomic E-state index is 0.252. The number of hydrogen-bond acceptors (Lipinski definition) is 5. The molecule has 0 aromatic heterocycles. The van der Waals surface area contributed by atoms with E-state index in [4.69, 9.17) is 19.2 Å². The summed E-state index contributed by atoms with van der Waals surface area (Å²) in [5.41, 5.74) is 1.90. The molecule has 0 amide bonds. The maximum absolute atomic E-state index is 11.9. The molecule has 5 saturated carbocycles. The van der Waals surface area contributed by atoms with Crippen LogP contribution in [0.25, 0.3) is 0 Å². The fourth-order valence-electron chi connectivity index (χ4n) is 7.29. The number of rotatable bonds is 3. The summed E-state index contributed by atoms with van der Waals surface area (Å²) in [6, 6.07) is 7.90. The molecule has 1 aromatic rings. The van der Waals surface area contributed by atoms with Gasteiger partial charge >= 0.3 is 5.97 Å². The van der Waals surface area contributed by atoms with E-state index in [2.05, 4.69) is 12.1 Å². The van der Waals surface area contributed by atoms with Crippen LogP contribution >= 0.6 is 0 Å². The Morgan fingerprint density at radius 1 is 0.967 bits per heavy atom. The SMILES string of the molecule is CCOC(=O)c1ccc(C2CCC3(CC2)OOC2(O3)C3CC4CC(C3)CC2C4)cc1. The van der Waals surface area contributed by atoms with Crippen molar-refractivity contribution in [2.45, 2.75) is 82.2 Å². The summed E-state index contributed by atoms with van der Waals surface area (Å²) >= 11 is 0. The molecule has 2 spiro atoms. The van der Waals surface area contributed by atoms with E-state index in [1.54, 1.807) is 0 Å². The van der Waals surface area contributed by atoms with E-state index in [0.29, 0.717) is 29.9 Å². The van der Waals surface area contributed by atoms with Crippen molar-refractivity contribution in [2.75, 3.05) is 6.61 Å². The van der Waals surface area contributed by atoms with Gasteiger partial charge in [0.25, 0.3) is 0 Å². The molecule has 1 heterocycles. The number of benzene rings is 1. The van der Waals surface area contributed by atoms with E-state index >= 15 is 0 Å². The fraction of sp³-hybridized carbons (Fsp3) is 0.720. The number of hydrogen-bond donors (Lipinski definition) is 0. The van der Waals surface area contributed by atoms with Crippen LogP contribution in [0.4, 0.5) is 0 Å². The lowest BCUT2D eigenvalue weighted by molar-refractivity contribution is -0.390. The van der Waals surface area contributed by atoms with E-state index in [0.717, 1.165) is 37.5 Å². The van der Waals surface area contributed by atoms with Gasteiger partial charge in [0.05, 0.1) is 12.2 Å². The third kappa shape index (κ3) is 2.96. The van der Waals surface area contributed by atoms with Crippen LogP contribution in [0, 0.1) is 23.7 Å². The molecule has 7 rings (SSSR count). The maximum Gasteiger partial charge on any atom is 0.338 e. The predicted octanol–water partition coefficient (Wildman–Crippen LogP) is 5.35. The highest BCUT2D eigenvalue weighted by Gasteiger charge is 2.66. The van der Waals surface area contributed by atoms with Crippen LogP contribution in [0.5, 0.6) is 0 Å². The Kier molecular flexibility index (Phi) is 4.52. The lowest BCUT2D eigenvalue weighted by Crippen LogP contribution is -2.59. The molecule has 6 fully saturated rings. The van der Waals surface area contributed by atoms with Crippen LogP contribution in [-0.4, -0.2) is 24.2 Å². The van der Waals surface area contributed by atoms with Gasteiger partial charge in [-0.2, -0.15) is 9.78 Å². The van der Waals surface area contributed by atoms with Crippen molar-refractivity contribution in [2.24, 2.45) is 23.7 Å². The van der Waals surface area contributed by atoms with E-state index in [-0.39, 0.29) is 5.97 Å². The number of carbonyl (C=O) groups is 1. The lowest BCUT2D eigenvalue weighted by Gasteiger charge is -2.57. The van der Waals surface area contributed by atoms with Gasteiger partial charge in [0.1, 0.15) is 0 Å². The first-order valence-corrected chi connectivity index (χ1v) is 11.9. The summed E-state index contributed by atoms with van der Waals surface area (Å²) in [7, 11) is 0. The summed E-state index contributed by atoms with van der Waals surface area (Å²) in [6.45, 7) is 2.23. The van der Waals surface area contributed by atoms with Crippen molar-refractivity contribution in [3.05, 3.63) is 35.4 Å². The Hall–Kier alpha value is -1.43. The fourth-order valence-corrected chi connectivity index (χ4v) is 7.29. The normalized spacial score (nSPS) is 44.1. The lowest BCUT2D eigenvalue weighted by atomic mass is 9.53. The Balaban J connectivity index is 1.12. The molecule has 162 valence electrons. The zero-order chi connectivity index (χ0) is 20.3. The van der Waals surface area contributed by atoms with Crippen molar-refractivity contribution < 1.29 is 24.0 Å². The molecule has 30 heavy (non-hydrogen) atoms. The third-order valence-electron chi connectivity index (χ3n) is 8.59. The minimum Gasteiger partial charge on any atom is -0.462 e. The second-order valence-electron chi connectivity index (χ2n) is 10.3. The Morgan fingerprint density at radius 3 is 2.20 bits per heavy atom. The van der Waals surface area contributed by atoms with Gasteiger partial charge in [-0.25, -0.2) is 4.79 Å². The van der Waals surface area contributed by atoms with Crippen LogP contribution in [0.3, 0.4) is 0 Å². The van der Waals surface area contributed by atoms with E-state index in [1.165, 1.54) is 37.7 Å². The first-order valence-electron chi connectivity index (χ1n) is 11.9. The topological polar surface area (TPSA) is 54.0 Å². The molecule has 0 radical (unpaired) electrons. The highest BCUT2D eigenvalue weighted by atomic mass is 17.3. The standard InChI is InChI=1S/C25H32O5/c1-2-27-23(26)20-5-3-18(4-6-20)19-7-9-24(10-8-19)28-25(30-29-24)21-12-16-11-17(14-21)15-22(25)13-16/h3-6,16-17,19,21-22H,2,7-15H2,1H3. The molecule has 1 aromatic carbocycles. The summed E-state index contributed by atoms with van der Waals surface area (Å²) in [5, 5.41) is 0. The summed E-state index contributed by atoms with van der Waals surface area (Å²) < 4.78 is 11.9. The number of ether oxygens (including phenoxy) is 2. The van der Waals surface area contributed by atoms with Gasteiger partial charge in [-0.3, -0.25) is 0 Å². The van der Waals surface area contributed by atoms with Gasteiger partial charge in [-0.1, -0.05) is 12.1 Å². The molecule has 1 aliphatic heterocycles. The number of carbonyl (C=O) groups excluding carboxylic acids is 1. The Labute approximate surface area is 178 Å². The molecular formula is C25H32O5. The average Bonchev–Trinajstić information content (AvgIpc) is 3.12.